The molecule has 0 spiro atoms. The molecular weight excluding hydrogens is 489 g/mol. The molecule has 4 atom stereocenters. The van der Waals surface area contributed by atoms with Crippen LogP contribution in [0.1, 0.15) is 27.0 Å². The number of esters is 1. The number of ether oxygens (including phenoxy) is 3. The highest BCUT2D eigenvalue weighted by atomic mass is 31.1. The lowest BCUT2D eigenvalue weighted by atomic mass is 10.1. The largest absolute Gasteiger partial charge is 0.462 e. The van der Waals surface area contributed by atoms with E-state index >= 15 is 8.78 Å². The van der Waals surface area contributed by atoms with Gasteiger partial charge in [-0.3, -0.25) is 9.36 Å². The predicted molar refractivity (Wildman–Crippen MR) is 118 cm³/mol. The van der Waals surface area contributed by atoms with Crippen molar-refractivity contribution in [1.29, 1.82) is 0 Å². The van der Waals surface area contributed by atoms with Crippen molar-refractivity contribution in [3.63, 3.8) is 0 Å². The number of carbonyl (C=O) groups excluding carboxylic acids is 1. The summed E-state index contributed by atoms with van der Waals surface area (Å²) in [6.07, 6.45) is -3.01. The minimum Gasteiger partial charge on any atom is -0.462 e. The summed E-state index contributed by atoms with van der Waals surface area (Å²) in [5.74, 6) is -6.97. The van der Waals surface area contributed by atoms with Crippen LogP contribution >= 0.6 is 8.69 Å². The average molecular weight is 513 g/mol. The van der Waals surface area contributed by atoms with Gasteiger partial charge in [0.05, 0.1) is 12.5 Å². The third-order valence-electron chi connectivity index (χ3n) is 4.77. The molecule has 1 radical (unpaired) electrons. The van der Waals surface area contributed by atoms with Gasteiger partial charge < -0.3 is 19.9 Å². The Kier molecular flexibility index (Phi) is 8.16. The van der Waals surface area contributed by atoms with E-state index < -0.39 is 56.7 Å². The van der Waals surface area contributed by atoms with Gasteiger partial charge in [-0.15, -0.1) is 0 Å². The Morgan fingerprint density at radius 3 is 2.57 bits per heavy atom. The minimum absolute atomic E-state index is 0.114. The highest BCUT2D eigenvalue weighted by Crippen LogP contribution is 2.45. The Morgan fingerprint density at radius 1 is 1.29 bits per heavy atom. The van der Waals surface area contributed by atoms with Gasteiger partial charge in [0.15, 0.2) is 6.10 Å². The molecule has 189 valence electrons. The molecule has 1 saturated heterocycles. The Hall–Kier alpha value is -2.99. The van der Waals surface area contributed by atoms with E-state index in [1.54, 1.807) is 32.0 Å². The van der Waals surface area contributed by atoms with Crippen LogP contribution < -0.4 is 21.5 Å². The zero-order valence-electron chi connectivity index (χ0n) is 19.0. The number of nitrogen functional groups attached to an aromatic ring is 1. The number of aromatic nitrogens is 2. The van der Waals surface area contributed by atoms with Crippen LogP contribution in [0.15, 0.2) is 47.4 Å². The SMILES string of the molecule is CC(C)OC(=O)[C@H](C)NC(OP=O)(Oc1ccccc1)[C@H]1[CH]C(F)(F)[C@H](n2ccc(N)nc2=O)O1. The maximum Gasteiger partial charge on any atom is 0.351 e. The maximum absolute atomic E-state index is 15.1. The summed E-state index contributed by atoms with van der Waals surface area (Å²) >= 11 is 0. The topological polar surface area (TPSA) is 144 Å². The fourth-order valence-corrected chi connectivity index (χ4v) is 3.59. The molecule has 1 aliphatic rings. The smallest absolute Gasteiger partial charge is 0.351 e. The van der Waals surface area contributed by atoms with E-state index in [-0.39, 0.29) is 11.6 Å². The molecule has 14 heteroatoms. The lowest BCUT2D eigenvalue weighted by molar-refractivity contribution is -0.225. The fourth-order valence-electron chi connectivity index (χ4n) is 3.29. The summed E-state index contributed by atoms with van der Waals surface area (Å²) in [6.45, 7) is 4.63. The first-order valence-electron chi connectivity index (χ1n) is 10.4. The second kappa shape index (κ2) is 10.7. The number of nitrogens with zero attached hydrogens (tertiary/aromatic N) is 2. The number of anilines is 1. The van der Waals surface area contributed by atoms with Crippen LogP contribution in [0.25, 0.3) is 0 Å². The van der Waals surface area contributed by atoms with Crippen molar-refractivity contribution >= 4 is 20.5 Å². The summed E-state index contributed by atoms with van der Waals surface area (Å²) in [5.41, 5.74) is 4.36. The number of hydrogen-bond donors (Lipinski definition) is 2. The van der Waals surface area contributed by atoms with Crippen molar-refractivity contribution < 1.29 is 36.9 Å². The summed E-state index contributed by atoms with van der Waals surface area (Å²) in [7, 11) is -0.983. The molecule has 3 rings (SSSR count). The Morgan fingerprint density at radius 2 is 1.97 bits per heavy atom. The molecule has 35 heavy (non-hydrogen) atoms. The summed E-state index contributed by atoms with van der Waals surface area (Å²) in [5, 5.41) is 2.62. The van der Waals surface area contributed by atoms with Crippen molar-refractivity contribution in [3.8, 4) is 5.75 Å². The van der Waals surface area contributed by atoms with Crippen LogP contribution in [-0.2, 0) is 23.4 Å². The lowest BCUT2D eigenvalue weighted by Crippen LogP contribution is -2.63. The molecule has 11 nitrogen and oxygen atoms in total. The zero-order chi connectivity index (χ0) is 25.8. The number of nitrogens with one attached hydrogen (secondary N) is 1. The number of nitrogens with two attached hydrogens (primary N) is 1. The van der Waals surface area contributed by atoms with E-state index in [0.29, 0.717) is 11.0 Å². The fraction of sp³-hybridized carbons (Fsp3) is 0.429. The molecule has 0 saturated carbocycles. The van der Waals surface area contributed by atoms with Gasteiger partial charge in [0.1, 0.15) is 17.6 Å². The van der Waals surface area contributed by atoms with E-state index in [0.717, 1.165) is 12.3 Å². The lowest BCUT2D eigenvalue weighted by Gasteiger charge is -2.37. The molecular formula is C21H24F2N4O7P. The van der Waals surface area contributed by atoms with Crippen LogP contribution in [0.2, 0.25) is 0 Å². The van der Waals surface area contributed by atoms with E-state index in [1.807, 2.05) is 0 Å². The first-order valence-corrected chi connectivity index (χ1v) is 11.2. The number of rotatable bonds is 10. The van der Waals surface area contributed by atoms with Crippen molar-refractivity contribution in [2.75, 3.05) is 5.73 Å². The Balaban J connectivity index is 2.02. The molecule has 1 aliphatic heterocycles. The molecule has 2 heterocycles. The van der Waals surface area contributed by atoms with Gasteiger partial charge in [0.25, 0.3) is 5.92 Å². The Bertz CT molecular complexity index is 1100. The van der Waals surface area contributed by atoms with Crippen LogP contribution in [0.4, 0.5) is 14.6 Å². The standard InChI is InChI=1S/C21H24F2N4O7P/c1-12(2)31-17(28)13(3)26-21(34-35-30,33-14-7-5-4-6-8-14)15-11-20(22,23)18(32-15)27-10-9-16(24)25-19(27)29/h4-13,15,18,26H,1-3H3,(H2,24,25,29)/t13-,15+,18+,21?/m0/s1. The highest BCUT2D eigenvalue weighted by Gasteiger charge is 2.61. The van der Waals surface area contributed by atoms with Gasteiger partial charge in [0.2, 0.25) is 6.23 Å². The molecule has 1 aromatic carbocycles. The van der Waals surface area contributed by atoms with Crippen LogP contribution in [0.5, 0.6) is 5.75 Å². The van der Waals surface area contributed by atoms with Gasteiger partial charge in [-0.25, -0.2) is 28.0 Å². The molecule has 1 fully saturated rings. The average Bonchev–Trinajstić information content (AvgIpc) is 3.09. The third-order valence-corrected chi connectivity index (χ3v) is 5.11. The molecule has 1 aromatic heterocycles. The first kappa shape index (κ1) is 26.6. The maximum atomic E-state index is 15.1. The van der Waals surface area contributed by atoms with Gasteiger partial charge in [-0.05, 0) is 39.0 Å². The summed E-state index contributed by atoms with van der Waals surface area (Å²) < 4.78 is 64.0. The number of hydrogen-bond acceptors (Lipinski definition) is 10. The summed E-state index contributed by atoms with van der Waals surface area (Å²) in [4.78, 5) is 28.1. The van der Waals surface area contributed by atoms with Crippen molar-refractivity contribution in [3.05, 3.63) is 59.5 Å². The first-order chi connectivity index (χ1) is 16.5. The summed E-state index contributed by atoms with van der Waals surface area (Å²) in [6, 6.07) is 7.81. The highest BCUT2D eigenvalue weighted by molar-refractivity contribution is 7.17. The van der Waals surface area contributed by atoms with Crippen LogP contribution in [0.3, 0.4) is 0 Å². The second-order valence-electron chi connectivity index (χ2n) is 7.89. The quantitative estimate of drug-likeness (QED) is 0.276. The van der Waals surface area contributed by atoms with E-state index in [9.17, 15) is 14.2 Å². The zero-order valence-corrected chi connectivity index (χ0v) is 19.9. The second-order valence-corrected chi connectivity index (χ2v) is 8.22. The number of halogens is 2. The number of alkyl halides is 2. The number of para-hydroxylation sites is 1. The van der Waals surface area contributed by atoms with Gasteiger partial charge in [-0.2, -0.15) is 4.98 Å². The van der Waals surface area contributed by atoms with Gasteiger partial charge in [-0.1, -0.05) is 18.2 Å². The van der Waals surface area contributed by atoms with Crippen LogP contribution in [-0.4, -0.2) is 45.6 Å². The molecule has 0 amide bonds. The molecule has 3 N–H and O–H groups in total. The third kappa shape index (κ3) is 6.17. The van der Waals surface area contributed by atoms with Crippen molar-refractivity contribution in [1.82, 2.24) is 14.9 Å². The minimum atomic E-state index is -3.75. The van der Waals surface area contributed by atoms with E-state index in [4.69, 9.17) is 24.5 Å². The molecule has 1 unspecified atom stereocenters. The number of benzene rings is 1. The molecule has 0 bridgehead atoms. The molecule has 0 aliphatic carbocycles. The normalized spacial score (nSPS) is 22.0. The van der Waals surface area contributed by atoms with Crippen LogP contribution in [0, 0.1) is 6.42 Å². The number of carbonyl (C=O) groups is 1. The Labute approximate surface area is 200 Å². The predicted octanol–water partition coefficient (Wildman–Crippen LogP) is 2.45. The monoisotopic (exact) mass is 513 g/mol. The van der Waals surface area contributed by atoms with Crippen molar-refractivity contribution in [2.45, 2.75) is 57.1 Å². The molecule has 2 aromatic rings. The van der Waals surface area contributed by atoms with E-state index in [2.05, 4.69) is 10.3 Å². The van der Waals surface area contributed by atoms with Gasteiger partial charge in [0, 0.05) is 6.20 Å². The van der Waals surface area contributed by atoms with E-state index in [1.165, 1.54) is 19.1 Å². The van der Waals surface area contributed by atoms with Crippen molar-refractivity contribution in [2.24, 2.45) is 0 Å². The van der Waals surface area contributed by atoms with Gasteiger partial charge >= 0.3 is 26.3 Å².